The van der Waals surface area contributed by atoms with Crippen LogP contribution in [0.25, 0.3) is 0 Å². The number of carbonyl (C=O) groups is 3. The van der Waals surface area contributed by atoms with Crippen molar-refractivity contribution < 1.29 is 19.1 Å². The fraction of sp³-hybridized carbons (Fsp3) is 0.0833. The second-order valence-electron chi connectivity index (χ2n) is 7.00. The van der Waals surface area contributed by atoms with Gasteiger partial charge in [0.25, 0.3) is 5.91 Å². The first-order valence-corrected chi connectivity index (χ1v) is 10.7. The van der Waals surface area contributed by atoms with Crippen molar-refractivity contribution >= 4 is 58.5 Å². The number of rotatable bonds is 7. The van der Waals surface area contributed by atoms with Gasteiger partial charge in [0.05, 0.1) is 16.9 Å². The summed E-state index contributed by atoms with van der Waals surface area (Å²) >= 11 is 11.9. The van der Waals surface area contributed by atoms with Gasteiger partial charge in [-0.15, -0.1) is 0 Å². The molecule has 0 aliphatic rings. The predicted octanol–water partition coefficient (Wildman–Crippen LogP) is 4.41. The molecule has 174 valence electrons. The first-order valence-electron chi connectivity index (χ1n) is 9.99. The van der Waals surface area contributed by atoms with Gasteiger partial charge >= 0.3 is 11.8 Å². The van der Waals surface area contributed by atoms with Crippen molar-refractivity contribution in [2.75, 3.05) is 17.2 Å². The van der Waals surface area contributed by atoms with E-state index in [9.17, 15) is 14.4 Å². The van der Waals surface area contributed by atoms with Crippen molar-refractivity contribution in [2.24, 2.45) is 5.10 Å². The molecule has 0 fully saturated rings. The van der Waals surface area contributed by atoms with Gasteiger partial charge in [0.15, 0.2) is 6.61 Å². The van der Waals surface area contributed by atoms with E-state index in [0.29, 0.717) is 32.7 Å². The quantitative estimate of drug-likeness (QED) is 0.254. The lowest BCUT2D eigenvalue weighted by molar-refractivity contribution is -0.136. The number of amides is 3. The molecule has 0 radical (unpaired) electrons. The van der Waals surface area contributed by atoms with Crippen molar-refractivity contribution in [3.63, 3.8) is 0 Å². The number of anilines is 2. The number of nitrogens with zero attached hydrogens (tertiary/aromatic N) is 1. The summed E-state index contributed by atoms with van der Waals surface area (Å²) in [5.41, 5.74) is 4.63. The Morgan fingerprint density at radius 2 is 1.65 bits per heavy atom. The highest BCUT2D eigenvalue weighted by Gasteiger charge is 2.13. The summed E-state index contributed by atoms with van der Waals surface area (Å²) < 4.78 is 5.45. The Bertz CT molecular complexity index is 1230. The van der Waals surface area contributed by atoms with Gasteiger partial charge in [-0.3, -0.25) is 14.4 Å². The molecule has 3 N–H and O–H groups in total. The van der Waals surface area contributed by atoms with Crippen LogP contribution < -0.4 is 20.8 Å². The number of hydrogen-bond donors (Lipinski definition) is 3. The van der Waals surface area contributed by atoms with E-state index in [-0.39, 0.29) is 12.5 Å². The average molecular weight is 499 g/mol. The number of hydrazone groups is 1. The Labute approximate surface area is 205 Å². The first-order chi connectivity index (χ1) is 16.3. The van der Waals surface area contributed by atoms with Gasteiger partial charge in [-0.1, -0.05) is 41.4 Å². The first kappa shape index (κ1) is 24.8. The normalized spacial score (nSPS) is 10.6. The minimum atomic E-state index is -0.897. The van der Waals surface area contributed by atoms with Crippen LogP contribution >= 0.6 is 23.2 Å². The van der Waals surface area contributed by atoms with Gasteiger partial charge in [-0.2, -0.15) is 5.10 Å². The highest BCUT2D eigenvalue weighted by Crippen LogP contribution is 2.25. The lowest BCUT2D eigenvalue weighted by Crippen LogP contribution is -2.32. The van der Waals surface area contributed by atoms with Gasteiger partial charge in [-0.25, -0.2) is 5.43 Å². The van der Waals surface area contributed by atoms with E-state index in [1.165, 1.54) is 12.3 Å². The summed E-state index contributed by atoms with van der Waals surface area (Å²) in [6, 6.07) is 18.5. The summed E-state index contributed by atoms with van der Waals surface area (Å²) in [5, 5.41) is 9.73. The summed E-state index contributed by atoms with van der Waals surface area (Å²) in [6.07, 6.45) is 1.37. The smallest absolute Gasteiger partial charge is 0.329 e. The average Bonchev–Trinajstić information content (AvgIpc) is 2.81. The van der Waals surface area contributed by atoms with Crippen LogP contribution in [-0.4, -0.2) is 30.5 Å². The molecule has 0 atom stereocenters. The van der Waals surface area contributed by atoms with Gasteiger partial charge in [0.2, 0.25) is 0 Å². The summed E-state index contributed by atoms with van der Waals surface area (Å²) in [5.74, 6) is -1.66. The van der Waals surface area contributed by atoms with Gasteiger partial charge in [0.1, 0.15) is 5.75 Å². The van der Waals surface area contributed by atoms with Gasteiger partial charge in [-0.05, 0) is 66.6 Å². The predicted molar refractivity (Wildman–Crippen MR) is 133 cm³/mol. The molecule has 10 heteroatoms. The molecule has 0 aliphatic carbocycles. The highest BCUT2D eigenvalue weighted by atomic mass is 35.5. The molecule has 3 aromatic carbocycles. The number of carbonyl (C=O) groups excluding carboxylic acids is 3. The van der Waals surface area contributed by atoms with E-state index in [1.807, 2.05) is 19.1 Å². The summed E-state index contributed by atoms with van der Waals surface area (Å²) in [7, 11) is 0. The Kier molecular flexibility index (Phi) is 8.61. The molecule has 3 rings (SSSR count). The third-order valence-corrected chi connectivity index (χ3v) is 4.98. The van der Waals surface area contributed by atoms with Crippen molar-refractivity contribution in [2.45, 2.75) is 6.92 Å². The van der Waals surface area contributed by atoms with Crippen molar-refractivity contribution in [3.8, 4) is 5.75 Å². The molecular weight excluding hydrogens is 479 g/mol. The zero-order valence-corrected chi connectivity index (χ0v) is 19.5. The molecule has 3 amide bonds. The monoisotopic (exact) mass is 498 g/mol. The fourth-order valence-corrected chi connectivity index (χ4v) is 3.14. The number of para-hydroxylation sites is 1. The number of hydrogen-bond acceptors (Lipinski definition) is 5. The Hall–Kier alpha value is -3.88. The molecule has 0 spiro atoms. The van der Waals surface area contributed by atoms with Crippen molar-refractivity contribution in [1.82, 2.24) is 5.43 Å². The number of benzene rings is 3. The van der Waals surface area contributed by atoms with Gasteiger partial charge in [0, 0.05) is 10.7 Å². The Balaban J connectivity index is 1.44. The van der Waals surface area contributed by atoms with Crippen molar-refractivity contribution in [3.05, 3.63) is 87.9 Å². The lowest BCUT2D eigenvalue weighted by Gasteiger charge is -2.09. The van der Waals surface area contributed by atoms with E-state index in [0.717, 1.165) is 5.56 Å². The fourth-order valence-electron chi connectivity index (χ4n) is 2.68. The third-order valence-electron chi connectivity index (χ3n) is 4.43. The lowest BCUT2D eigenvalue weighted by atomic mass is 10.2. The van der Waals surface area contributed by atoms with E-state index in [1.54, 1.807) is 48.5 Å². The molecule has 0 bridgehead atoms. The maximum atomic E-state index is 12.1. The van der Waals surface area contributed by atoms with Crippen LogP contribution in [0.2, 0.25) is 10.0 Å². The molecule has 0 heterocycles. The van der Waals surface area contributed by atoms with Crippen LogP contribution in [0.5, 0.6) is 5.75 Å². The standard InChI is InChI=1S/C24H20Cl2N4O4/c1-15-4-2-3-5-20(15)29-23(32)24(33)30-27-13-16-6-9-18(10-7-16)34-14-22(31)28-21-11-8-17(25)12-19(21)26/h2-13H,14H2,1H3,(H,28,31)(H,29,32)(H,30,33)/b27-13-. The third kappa shape index (κ3) is 7.33. The second kappa shape index (κ2) is 11.8. The van der Waals surface area contributed by atoms with Crippen LogP contribution in [0.4, 0.5) is 11.4 Å². The molecule has 34 heavy (non-hydrogen) atoms. The highest BCUT2D eigenvalue weighted by molar-refractivity contribution is 6.39. The molecule has 0 saturated heterocycles. The maximum absolute atomic E-state index is 12.1. The molecule has 0 saturated carbocycles. The molecule has 3 aromatic rings. The number of ether oxygens (including phenoxy) is 1. The van der Waals surface area contributed by atoms with Crippen molar-refractivity contribution in [1.29, 1.82) is 0 Å². The van der Waals surface area contributed by atoms with Crippen LogP contribution in [0.1, 0.15) is 11.1 Å². The molecule has 0 aromatic heterocycles. The van der Waals surface area contributed by atoms with E-state index < -0.39 is 11.8 Å². The molecule has 0 unspecified atom stereocenters. The second-order valence-corrected chi connectivity index (χ2v) is 7.84. The topological polar surface area (TPSA) is 109 Å². The SMILES string of the molecule is Cc1ccccc1NC(=O)C(=O)N/N=C\c1ccc(OCC(=O)Nc2ccc(Cl)cc2Cl)cc1. The summed E-state index contributed by atoms with van der Waals surface area (Å²) in [4.78, 5) is 35.9. The van der Waals surface area contributed by atoms with E-state index in [2.05, 4.69) is 21.2 Å². The number of halogens is 2. The number of nitrogens with one attached hydrogen (secondary N) is 3. The minimum absolute atomic E-state index is 0.224. The van der Waals surface area contributed by atoms with E-state index in [4.69, 9.17) is 27.9 Å². The van der Waals surface area contributed by atoms with E-state index >= 15 is 0 Å². The van der Waals surface area contributed by atoms with Crippen LogP contribution in [-0.2, 0) is 14.4 Å². The molecule has 8 nitrogen and oxygen atoms in total. The maximum Gasteiger partial charge on any atom is 0.329 e. The zero-order valence-electron chi connectivity index (χ0n) is 18.0. The van der Waals surface area contributed by atoms with Crippen LogP contribution in [0.3, 0.4) is 0 Å². The van der Waals surface area contributed by atoms with Crippen LogP contribution in [0, 0.1) is 6.92 Å². The largest absolute Gasteiger partial charge is 0.484 e. The van der Waals surface area contributed by atoms with Crippen LogP contribution in [0.15, 0.2) is 71.8 Å². The summed E-state index contributed by atoms with van der Waals surface area (Å²) in [6.45, 7) is 1.60. The number of aryl methyl sites for hydroxylation is 1. The zero-order chi connectivity index (χ0) is 24.5. The Morgan fingerprint density at radius 3 is 2.35 bits per heavy atom. The molecular formula is C24H20Cl2N4O4. The molecule has 0 aliphatic heterocycles. The Morgan fingerprint density at radius 1 is 0.912 bits per heavy atom. The minimum Gasteiger partial charge on any atom is -0.484 e. The van der Waals surface area contributed by atoms with Gasteiger partial charge < -0.3 is 15.4 Å².